The Morgan fingerprint density at radius 2 is 2.15 bits per heavy atom. The van der Waals surface area contributed by atoms with Gasteiger partial charge in [-0.15, -0.1) is 10.2 Å². The first-order valence-electron chi connectivity index (χ1n) is 5.85. The van der Waals surface area contributed by atoms with Gasteiger partial charge in [0, 0.05) is 12.6 Å². The maximum absolute atomic E-state index is 11.6. The maximum Gasteiger partial charge on any atom is 0.325 e. The Morgan fingerprint density at radius 1 is 1.30 bits per heavy atom. The van der Waals surface area contributed by atoms with E-state index in [2.05, 4.69) is 25.9 Å². The van der Waals surface area contributed by atoms with Crippen molar-refractivity contribution in [2.75, 3.05) is 0 Å². The number of amides is 1. The molecule has 20 heavy (non-hydrogen) atoms. The van der Waals surface area contributed by atoms with Gasteiger partial charge in [-0.3, -0.25) is 14.3 Å². The van der Waals surface area contributed by atoms with Crippen molar-refractivity contribution in [1.29, 1.82) is 0 Å². The second-order valence-electron chi connectivity index (χ2n) is 3.99. The van der Waals surface area contributed by atoms with Crippen LogP contribution in [0.5, 0.6) is 0 Å². The summed E-state index contributed by atoms with van der Waals surface area (Å²) in [7, 11) is 0. The van der Waals surface area contributed by atoms with Crippen molar-refractivity contribution in [2.24, 2.45) is 0 Å². The number of hydrogen-bond donors (Lipinski definition) is 2. The van der Waals surface area contributed by atoms with Crippen LogP contribution >= 0.6 is 0 Å². The van der Waals surface area contributed by atoms with E-state index in [1.165, 1.54) is 10.9 Å². The number of aromatic nitrogens is 6. The minimum atomic E-state index is -1.00. The van der Waals surface area contributed by atoms with Crippen molar-refractivity contribution < 1.29 is 14.7 Å². The first kappa shape index (κ1) is 13.6. The summed E-state index contributed by atoms with van der Waals surface area (Å²) in [5.74, 6) is -1.16. The predicted molar refractivity (Wildman–Crippen MR) is 64.1 cm³/mol. The molecule has 0 unspecified atom stereocenters. The largest absolute Gasteiger partial charge is 0.480 e. The van der Waals surface area contributed by atoms with Crippen LogP contribution in [0.4, 0.5) is 0 Å². The summed E-state index contributed by atoms with van der Waals surface area (Å²) in [5, 5.41) is 26.0. The van der Waals surface area contributed by atoms with Gasteiger partial charge in [0.1, 0.15) is 12.2 Å². The third-order valence-corrected chi connectivity index (χ3v) is 2.39. The van der Waals surface area contributed by atoms with E-state index in [1.54, 1.807) is 17.1 Å². The number of aliphatic carboxylic acids is 1. The van der Waals surface area contributed by atoms with E-state index in [-0.39, 0.29) is 25.4 Å². The van der Waals surface area contributed by atoms with Gasteiger partial charge in [-0.25, -0.2) is 4.68 Å². The predicted octanol–water partition coefficient (Wildman–Crippen LogP) is -1.34. The highest BCUT2D eigenvalue weighted by Gasteiger charge is 2.06. The maximum atomic E-state index is 11.6. The van der Waals surface area contributed by atoms with Gasteiger partial charge in [-0.2, -0.15) is 0 Å². The van der Waals surface area contributed by atoms with Crippen molar-refractivity contribution in [2.45, 2.75) is 26.1 Å². The molecule has 2 aromatic heterocycles. The number of nitrogens with zero attached hydrogens (tertiary/aromatic N) is 6. The second kappa shape index (κ2) is 6.41. The molecule has 0 aliphatic carbocycles. The number of nitrogens with one attached hydrogen (secondary N) is 1. The van der Waals surface area contributed by atoms with Crippen LogP contribution in [0.1, 0.15) is 12.1 Å². The molecular formula is C10H13N7O3. The highest BCUT2D eigenvalue weighted by atomic mass is 16.4. The van der Waals surface area contributed by atoms with E-state index in [4.69, 9.17) is 5.11 Å². The van der Waals surface area contributed by atoms with Crippen molar-refractivity contribution in [3.05, 3.63) is 24.3 Å². The minimum Gasteiger partial charge on any atom is -0.480 e. The number of aryl methyl sites for hydroxylation is 1. The highest BCUT2D eigenvalue weighted by Crippen LogP contribution is 1.94. The van der Waals surface area contributed by atoms with Crippen LogP contribution < -0.4 is 5.32 Å². The number of rotatable bonds is 7. The number of carbonyl (C=O) groups is 2. The van der Waals surface area contributed by atoms with Crippen LogP contribution in [-0.4, -0.2) is 47.0 Å². The van der Waals surface area contributed by atoms with Gasteiger partial charge in [-0.1, -0.05) is 10.4 Å². The Kier molecular flexibility index (Phi) is 4.37. The molecule has 0 aliphatic heterocycles. The Hall–Kier alpha value is -2.78. The van der Waals surface area contributed by atoms with Crippen LogP contribution in [-0.2, 0) is 29.2 Å². The topological polar surface area (TPSA) is 128 Å². The molecule has 0 radical (unpaired) electrons. The molecule has 10 nitrogen and oxygen atoms in total. The van der Waals surface area contributed by atoms with Gasteiger partial charge in [0.05, 0.1) is 25.5 Å². The van der Waals surface area contributed by atoms with E-state index in [0.29, 0.717) is 12.2 Å². The molecule has 10 heteroatoms. The molecule has 1 amide bonds. The molecule has 0 saturated carbocycles. The van der Waals surface area contributed by atoms with Gasteiger partial charge in [-0.05, 0) is 0 Å². The third-order valence-electron chi connectivity index (χ3n) is 2.39. The van der Waals surface area contributed by atoms with Gasteiger partial charge in [0.25, 0.3) is 0 Å². The van der Waals surface area contributed by atoms with E-state index in [0.717, 1.165) is 0 Å². The molecular weight excluding hydrogens is 266 g/mol. The molecule has 106 valence electrons. The fourth-order valence-electron chi connectivity index (χ4n) is 1.48. The summed E-state index contributed by atoms with van der Waals surface area (Å²) in [5.41, 5.74) is 0.500. The Morgan fingerprint density at radius 3 is 2.85 bits per heavy atom. The molecule has 0 aromatic carbocycles. The van der Waals surface area contributed by atoms with Crippen molar-refractivity contribution in [3.63, 3.8) is 0 Å². The van der Waals surface area contributed by atoms with E-state index in [9.17, 15) is 9.59 Å². The lowest BCUT2D eigenvalue weighted by Crippen LogP contribution is -2.24. The normalized spacial score (nSPS) is 10.4. The summed E-state index contributed by atoms with van der Waals surface area (Å²) < 4.78 is 2.75. The summed E-state index contributed by atoms with van der Waals surface area (Å²) in [4.78, 5) is 22.0. The first-order valence-corrected chi connectivity index (χ1v) is 5.85. The zero-order chi connectivity index (χ0) is 14.4. The Labute approximate surface area is 113 Å². The van der Waals surface area contributed by atoms with E-state index < -0.39 is 5.97 Å². The average molecular weight is 279 g/mol. The molecule has 2 N–H and O–H groups in total. The molecule has 0 atom stereocenters. The minimum absolute atomic E-state index is 0.159. The molecule has 0 bridgehead atoms. The van der Waals surface area contributed by atoms with Crippen molar-refractivity contribution in [3.8, 4) is 0 Å². The first-order chi connectivity index (χ1) is 9.63. The van der Waals surface area contributed by atoms with E-state index in [1.807, 2.05) is 0 Å². The highest BCUT2D eigenvalue weighted by molar-refractivity contribution is 5.75. The fraction of sp³-hybridized carbons (Fsp3) is 0.400. The smallest absolute Gasteiger partial charge is 0.325 e. The Bertz CT molecular complexity index is 577. The van der Waals surface area contributed by atoms with Crippen molar-refractivity contribution in [1.82, 2.24) is 35.3 Å². The lowest BCUT2D eigenvalue weighted by Gasteiger charge is -2.02. The second-order valence-corrected chi connectivity index (χ2v) is 3.99. The Balaban J connectivity index is 1.72. The van der Waals surface area contributed by atoms with E-state index >= 15 is 0 Å². The lowest BCUT2D eigenvalue weighted by atomic mass is 10.4. The standard InChI is InChI=1S/C10H13N7O3/c18-9(1-3-16-4-2-12-14-16)11-5-8-6-17(15-13-8)7-10(19)20/h2,4,6H,1,3,5,7H2,(H,11,18)(H,19,20). The zero-order valence-electron chi connectivity index (χ0n) is 10.5. The monoisotopic (exact) mass is 279 g/mol. The van der Waals surface area contributed by atoms with Crippen LogP contribution in [0, 0.1) is 0 Å². The third kappa shape index (κ3) is 4.15. The van der Waals surface area contributed by atoms with Gasteiger partial charge in [0.15, 0.2) is 0 Å². The zero-order valence-corrected chi connectivity index (χ0v) is 10.5. The van der Waals surface area contributed by atoms with Crippen LogP contribution in [0.25, 0.3) is 0 Å². The molecule has 0 aliphatic rings. The molecule has 2 rings (SSSR count). The lowest BCUT2D eigenvalue weighted by molar-refractivity contribution is -0.138. The molecule has 2 aromatic rings. The summed E-state index contributed by atoms with van der Waals surface area (Å²) in [6.07, 6.45) is 4.96. The molecule has 0 saturated heterocycles. The summed E-state index contributed by atoms with van der Waals surface area (Å²) in [6.45, 7) is 0.389. The number of carbonyl (C=O) groups excluding carboxylic acids is 1. The molecule has 2 heterocycles. The van der Waals surface area contributed by atoms with Gasteiger partial charge >= 0.3 is 5.97 Å². The van der Waals surface area contributed by atoms with Crippen LogP contribution in [0.15, 0.2) is 18.6 Å². The van der Waals surface area contributed by atoms with Crippen LogP contribution in [0.2, 0.25) is 0 Å². The summed E-state index contributed by atoms with van der Waals surface area (Å²) >= 11 is 0. The quantitative estimate of drug-likeness (QED) is 0.642. The molecule has 0 fully saturated rings. The van der Waals surface area contributed by atoms with Gasteiger partial charge < -0.3 is 10.4 Å². The average Bonchev–Trinajstić information content (AvgIpc) is 3.04. The van der Waals surface area contributed by atoms with Crippen molar-refractivity contribution >= 4 is 11.9 Å². The van der Waals surface area contributed by atoms with Gasteiger partial charge in [0.2, 0.25) is 5.91 Å². The SMILES string of the molecule is O=C(O)Cn1cc(CNC(=O)CCn2ccnn2)nn1. The number of carboxylic acid groups (broad SMARTS) is 1. The number of carboxylic acids is 1. The van der Waals surface area contributed by atoms with Crippen LogP contribution in [0.3, 0.4) is 0 Å². The number of hydrogen-bond acceptors (Lipinski definition) is 6. The summed E-state index contributed by atoms with van der Waals surface area (Å²) in [6, 6.07) is 0. The molecule has 0 spiro atoms. The fourth-order valence-corrected chi connectivity index (χ4v) is 1.48.